The van der Waals surface area contributed by atoms with Crippen molar-refractivity contribution in [2.75, 3.05) is 5.73 Å². The van der Waals surface area contributed by atoms with Crippen molar-refractivity contribution in [3.8, 4) is 5.75 Å². The van der Waals surface area contributed by atoms with E-state index < -0.39 is 0 Å². The number of halogens is 1. The van der Waals surface area contributed by atoms with E-state index in [0.717, 1.165) is 0 Å². The van der Waals surface area contributed by atoms with Gasteiger partial charge in [0.05, 0.1) is 11.4 Å². The molecular weight excluding hydrogens is 280 g/mol. The van der Waals surface area contributed by atoms with Gasteiger partial charge in [-0.1, -0.05) is 45.9 Å². The van der Waals surface area contributed by atoms with Crippen molar-refractivity contribution >= 4 is 33.5 Å². The van der Waals surface area contributed by atoms with Gasteiger partial charge in [0.15, 0.2) is 0 Å². The average molecular weight is 290 g/mol. The van der Waals surface area contributed by atoms with Crippen LogP contribution in [0.25, 0.3) is 0 Å². The zero-order valence-electron chi connectivity index (χ0n) is 8.93. The van der Waals surface area contributed by atoms with Crippen molar-refractivity contribution in [1.82, 2.24) is 0 Å². The van der Waals surface area contributed by atoms with E-state index in [1.165, 1.54) is 6.21 Å². The van der Waals surface area contributed by atoms with Gasteiger partial charge < -0.3 is 10.8 Å². The summed E-state index contributed by atoms with van der Waals surface area (Å²) in [6.45, 7) is 0. The van der Waals surface area contributed by atoms with Gasteiger partial charge in [-0.15, -0.1) is 0 Å². The normalized spacial score (nSPS) is 10.9. The molecule has 2 aromatic rings. The van der Waals surface area contributed by atoms with Gasteiger partial charge in [0, 0.05) is 10.7 Å². The van der Waals surface area contributed by atoms with Crippen molar-refractivity contribution in [1.29, 1.82) is 0 Å². The molecule has 4 heteroatoms. The number of benzene rings is 2. The van der Waals surface area contributed by atoms with Gasteiger partial charge in [0.25, 0.3) is 0 Å². The summed E-state index contributed by atoms with van der Waals surface area (Å²) in [4.78, 5) is 4.21. The first-order valence-corrected chi connectivity index (χ1v) is 5.82. The second kappa shape index (κ2) is 5.01. The fourth-order valence-electron chi connectivity index (χ4n) is 1.37. The van der Waals surface area contributed by atoms with Crippen LogP contribution in [-0.2, 0) is 0 Å². The van der Waals surface area contributed by atoms with Crippen molar-refractivity contribution in [3.05, 3.63) is 52.5 Å². The molecule has 0 aromatic heterocycles. The maximum atomic E-state index is 11.7. The molecular formula is C13H10BrN2O-. The molecule has 2 aromatic carbocycles. The van der Waals surface area contributed by atoms with Gasteiger partial charge >= 0.3 is 0 Å². The Morgan fingerprint density at radius 2 is 1.88 bits per heavy atom. The molecule has 2 N–H and O–H groups in total. The van der Waals surface area contributed by atoms with Crippen LogP contribution in [0.3, 0.4) is 0 Å². The molecule has 0 aliphatic heterocycles. The molecule has 0 saturated heterocycles. The largest absolute Gasteiger partial charge is 0.871 e. The van der Waals surface area contributed by atoms with Gasteiger partial charge in [0.1, 0.15) is 0 Å². The Morgan fingerprint density at radius 3 is 2.65 bits per heavy atom. The first-order valence-electron chi connectivity index (χ1n) is 5.02. The monoisotopic (exact) mass is 289 g/mol. The van der Waals surface area contributed by atoms with Gasteiger partial charge in [-0.3, -0.25) is 4.99 Å². The predicted molar refractivity (Wildman–Crippen MR) is 71.7 cm³/mol. The Morgan fingerprint density at radius 1 is 1.12 bits per heavy atom. The lowest BCUT2D eigenvalue weighted by atomic mass is 10.2. The number of hydrogen-bond donors (Lipinski definition) is 1. The molecule has 0 aliphatic carbocycles. The first-order chi connectivity index (χ1) is 8.18. The van der Waals surface area contributed by atoms with E-state index in [1.54, 1.807) is 30.3 Å². The molecule has 0 radical (unpaired) electrons. The van der Waals surface area contributed by atoms with E-state index in [9.17, 15) is 5.11 Å². The predicted octanol–water partition coefficient (Wildman–Crippen LogP) is 2.86. The quantitative estimate of drug-likeness (QED) is 0.683. The number of nitrogens with two attached hydrogens (primary N) is 1. The molecule has 0 heterocycles. The highest BCUT2D eigenvalue weighted by molar-refractivity contribution is 9.10. The van der Waals surface area contributed by atoms with Gasteiger partial charge in [-0.2, -0.15) is 0 Å². The molecule has 0 aliphatic rings. The molecule has 0 saturated carbocycles. The number of para-hydroxylation sites is 3. The van der Waals surface area contributed by atoms with Crippen LogP contribution >= 0.6 is 15.9 Å². The van der Waals surface area contributed by atoms with Gasteiger partial charge in [0.2, 0.25) is 0 Å². The molecule has 3 nitrogen and oxygen atoms in total. The lowest BCUT2D eigenvalue weighted by Gasteiger charge is -2.11. The zero-order chi connectivity index (χ0) is 12.3. The maximum Gasteiger partial charge on any atom is 0.0859 e. The number of aliphatic imine (C=N–C) groups is 1. The van der Waals surface area contributed by atoms with E-state index in [2.05, 4.69) is 20.9 Å². The topological polar surface area (TPSA) is 61.4 Å². The minimum absolute atomic E-state index is 0.0780. The summed E-state index contributed by atoms with van der Waals surface area (Å²) in [7, 11) is 0. The number of nitrogens with zero attached hydrogens (tertiary/aromatic N) is 1. The summed E-state index contributed by atoms with van der Waals surface area (Å²) < 4.78 is 0.530. The van der Waals surface area contributed by atoms with Crippen LogP contribution in [0, 0.1) is 0 Å². The highest BCUT2D eigenvalue weighted by Gasteiger charge is 1.96. The maximum absolute atomic E-state index is 11.7. The van der Waals surface area contributed by atoms with Crippen LogP contribution < -0.4 is 10.8 Å². The molecule has 0 amide bonds. The highest BCUT2D eigenvalue weighted by atomic mass is 79.9. The lowest BCUT2D eigenvalue weighted by molar-refractivity contribution is -0.269. The number of hydrogen-bond acceptors (Lipinski definition) is 3. The highest BCUT2D eigenvalue weighted by Crippen LogP contribution is 2.25. The second-order valence-corrected chi connectivity index (χ2v) is 4.33. The van der Waals surface area contributed by atoms with Crippen LogP contribution in [0.5, 0.6) is 5.75 Å². The molecule has 0 unspecified atom stereocenters. The molecule has 86 valence electrons. The van der Waals surface area contributed by atoms with E-state index >= 15 is 0 Å². The van der Waals surface area contributed by atoms with E-state index in [4.69, 9.17) is 5.73 Å². The van der Waals surface area contributed by atoms with Crippen molar-refractivity contribution in [3.63, 3.8) is 0 Å². The van der Waals surface area contributed by atoms with Crippen molar-refractivity contribution in [2.45, 2.75) is 0 Å². The Labute approximate surface area is 108 Å². The number of nitrogen functional groups attached to an aromatic ring is 1. The average Bonchev–Trinajstić information content (AvgIpc) is 2.33. The molecule has 0 fully saturated rings. The fourth-order valence-corrected chi connectivity index (χ4v) is 1.75. The summed E-state index contributed by atoms with van der Waals surface area (Å²) in [5, 5.41) is 11.7. The first kappa shape index (κ1) is 11.7. The molecule has 2 rings (SSSR count). The Kier molecular flexibility index (Phi) is 3.44. The summed E-state index contributed by atoms with van der Waals surface area (Å²) in [5.74, 6) is -0.0780. The van der Waals surface area contributed by atoms with Gasteiger partial charge in [-0.25, -0.2) is 0 Å². The van der Waals surface area contributed by atoms with Gasteiger partial charge in [-0.05, 0) is 23.8 Å². The third-order valence-electron chi connectivity index (χ3n) is 2.28. The van der Waals surface area contributed by atoms with E-state index in [-0.39, 0.29) is 5.75 Å². The minimum Gasteiger partial charge on any atom is -0.871 e. The SMILES string of the molecule is Nc1ccccc1N=Cc1cccc(Br)c1[O-]. The minimum atomic E-state index is -0.0780. The Hall–Kier alpha value is -1.81. The summed E-state index contributed by atoms with van der Waals surface area (Å²) in [5.41, 5.74) is 7.53. The molecule has 0 bridgehead atoms. The Bertz CT molecular complexity index is 567. The van der Waals surface area contributed by atoms with Crippen LogP contribution in [-0.4, -0.2) is 6.21 Å². The fraction of sp³-hybridized carbons (Fsp3) is 0. The molecule has 0 atom stereocenters. The standard InChI is InChI=1S/C13H11BrN2O/c14-10-5-3-4-9(13(10)17)8-16-12-7-2-1-6-11(12)15/h1-8,17H,15H2/p-1. The van der Waals surface area contributed by atoms with E-state index in [0.29, 0.717) is 21.4 Å². The second-order valence-electron chi connectivity index (χ2n) is 3.48. The van der Waals surface area contributed by atoms with E-state index in [1.807, 2.05) is 12.1 Å². The van der Waals surface area contributed by atoms with Crippen molar-refractivity contribution in [2.24, 2.45) is 4.99 Å². The molecule has 0 spiro atoms. The van der Waals surface area contributed by atoms with Crippen LogP contribution in [0.2, 0.25) is 0 Å². The lowest BCUT2D eigenvalue weighted by Crippen LogP contribution is -1.96. The summed E-state index contributed by atoms with van der Waals surface area (Å²) in [6.07, 6.45) is 1.53. The summed E-state index contributed by atoms with van der Waals surface area (Å²) >= 11 is 3.19. The number of anilines is 1. The smallest absolute Gasteiger partial charge is 0.0859 e. The van der Waals surface area contributed by atoms with Crippen LogP contribution in [0.1, 0.15) is 5.56 Å². The Balaban J connectivity index is 2.33. The number of rotatable bonds is 2. The van der Waals surface area contributed by atoms with Crippen LogP contribution in [0.4, 0.5) is 11.4 Å². The summed E-state index contributed by atoms with van der Waals surface area (Å²) in [6, 6.07) is 12.5. The zero-order valence-corrected chi connectivity index (χ0v) is 10.5. The van der Waals surface area contributed by atoms with Crippen LogP contribution in [0.15, 0.2) is 51.9 Å². The third-order valence-corrected chi connectivity index (χ3v) is 2.90. The van der Waals surface area contributed by atoms with Crippen molar-refractivity contribution < 1.29 is 5.11 Å². The third kappa shape index (κ3) is 2.65. The molecule has 17 heavy (non-hydrogen) atoms.